The molecule has 212 valence electrons. The molecule has 45 heavy (non-hydrogen) atoms. The Morgan fingerprint density at radius 2 is 0.889 bits per heavy atom. The van der Waals surface area contributed by atoms with E-state index < -0.39 is 0 Å². The van der Waals surface area contributed by atoms with Crippen LogP contribution in [0.5, 0.6) is 11.5 Å². The van der Waals surface area contributed by atoms with Crippen molar-refractivity contribution in [3.05, 3.63) is 139 Å². The summed E-state index contributed by atoms with van der Waals surface area (Å²) in [5, 5.41) is 31.7. The van der Waals surface area contributed by atoms with E-state index in [9.17, 15) is 10.2 Å². The molecular formula is C42H29BO2. The standard InChI is InChI=1S/C42H29BO2/c1-24-25(2)41(44)37(42(45)40(24)43)28-22-27-13-4-6-16-30(27)36(23-28)39-34-19-9-7-17-32(34)38(33-18-8-10-20-35(33)39)31-21-11-14-26-12-3-5-15-29(26)31/h3-23,44-45H,1-2H3. The zero-order valence-electron chi connectivity index (χ0n) is 25.1. The molecule has 0 aliphatic carbocycles. The van der Waals surface area contributed by atoms with E-state index in [0.717, 1.165) is 43.4 Å². The molecule has 0 atom stereocenters. The van der Waals surface area contributed by atoms with Crippen LogP contribution in [0.2, 0.25) is 0 Å². The maximum Gasteiger partial charge on any atom is 0.130 e. The molecule has 0 aromatic heterocycles. The molecule has 0 bridgehead atoms. The van der Waals surface area contributed by atoms with Gasteiger partial charge in [-0.05, 0) is 108 Å². The average Bonchev–Trinajstić information content (AvgIpc) is 3.08. The van der Waals surface area contributed by atoms with Gasteiger partial charge in [0.2, 0.25) is 0 Å². The molecule has 8 aromatic carbocycles. The zero-order valence-corrected chi connectivity index (χ0v) is 25.1. The first kappa shape index (κ1) is 27.0. The van der Waals surface area contributed by atoms with Crippen LogP contribution in [-0.4, -0.2) is 18.1 Å². The van der Waals surface area contributed by atoms with Crippen LogP contribution in [-0.2, 0) is 0 Å². The van der Waals surface area contributed by atoms with Gasteiger partial charge in [0.1, 0.15) is 19.3 Å². The van der Waals surface area contributed by atoms with Gasteiger partial charge in [-0.2, -0.15) is 0 Å². The predicted molar refractivity (Wildman–Crippen MR) is 191 cm³/mol. The maximum atomic E-state index is 11.3. The molecule has 2 N–H and O–H groups in total. The number of aromatic hydroxyl groups is 2. The Balaban J connectivity index is 1.54. The van der Waals surface area contributed by atoms with Crippen LogP contribution in [0.4, 0.5) is 0 Å². The molecule has 8 rings (SSSR count). The molecule has 0 aliphatic rings. The summed E-state index contributed by atoms with van der Waals surface area (Å²) in [7, 11) is 6.35. The van der Waals surface area contributed by atoms with Gasteiger partial charge in [-0.25, -0.2) is 0 Å². The van der Waals surface area contributed by atoms with Crippen LogP contribution in [0.15, 0.2) is 127 Å². The van der Waals surface area contributed by atoms with Crippen LogP contribution in [0.3, 0.4) is 0 Å². The van der Waals surface area contributed by atoms with Crippen LogP contribution in [0.1, 0.15) is 11.1 Å². The SMILES string of the molecule is [B]c1c(C)c(C)c(O)c(-c2cc(-c3c4ccccc4c(-c4cccc5ccccc45)c4ccccc34)c3ccccc3c2)c1O. The zero-order chi connectivity index (χ0) is 30.8. The summed E-state index contributed by atoms with van der Waals surface area (Å²) < 4.78 is 0. The van der Waals surface area contributed by atoms with Crippen molar-refractivity contribution in [2.24, 2.45) is 0 Å². The molecule has 0 saturated carbocycles. The number of rotatable bonds is 3. The van der Waals surface area contributed by atoms with Gasteiger partial charge in [0.05, 0.1) is 5.56 Å². The summed E-state index contributed by atoms with van der Waals surface area (Å²) in [4.78, 5) is 0. The molecule has 0 saturated heterocycles. The minimum Gasteiger partial charge on any atom is -0.508 e. The Morgan fingerprint density at radius 3 is 1.49 bits per heavy atom. The number of hydrogen-bond donors (Lipinski definition) is 2. The van der Waals surface area contributed by atoms with Gasteiger partial charge < -0.3 is 10.2 Å². The minimum atomic E-state index is -0.0992. The molecule has 2 nitrogen and oxygen atoms in total. The largest absolute Gasteiger partial charge is 0.508 e. The lowest BCUT2D eigenvalue weighted by Crippen LogP contribution is -2.11. The smallest absolute Gasteiger partial charge is 0.130 e. The summed E-state index contributed by atoms with van der Waals surface area (Å²) in [6.07, 6.45) is 0. The summed E-state index contributed by atoms with van der Waals surface area (Å²) in [5.41, 5.74) is 7.22. The minimum absolute atomic E-state index is 0.0430. The Kier molecular flexibility index (Phi) is 6.18. The van der Waals surface area contributed by atoms with Crippen LogP contribution in [0, 0.1) is 13.8 Å². The summed E-state index contributed by atoms with van der Waals surface area (Å²) >= 11 is 0. The van der Waals surface area contributed by atoms with Crippen LogP contribution in [0.25, 0.3) is 76.5 Å². The number of benzene rings is 8. The molecule has 0 unspecified atom stereocenters. The third-order valence-electron chi connectivity index (χ3n) is 9.46. The predicted octanol–water partition coefficient (Wildman–Crippen LogP) is 10.1. The average molecular weight is 577 g/mol. The number of phenolic OH excluding ortho intramolecular Hbond substituents is 2. The highest BCUT2D eigenvalue weighted by Crippen LogP contribution is 2.49. The van der Waals surface area contributed by atoms with Gasteiger partial charge in [-0.15, -0.1) is 0 Å². The van der Waals surface area contributed by atoms with Crippen molar-refractivity contribution in [1.29, 1.82) is 0 Å². The van der Waals surface area contributed by atoms with Gasteiger partial charge in [0.25, 0.3) is 0 Å². The fourth-order valence-corrected chi connectivity index (χ4v) is 7.08. The normalized spacial score (nSPS) is 11.6. The Labute approximate surface area is 263 Å². The van der Waals surface area contributed by atoms with Crippen molar-refractivity contribution in [2.45, 2.75) is 13.8 Å². The van der Waals surface area contributed by atoms with Crippen molar-refractivity contribution in [3.63, 3.8) is 0 Å². The van der Waals surface area contributed by atoms with E-state index in [4.69, 9.17) is 7.85 Å². The van der Waals surface area contributed by atoms with E-state index in [0.29, 0.717) is 22.3 Å². The second-order valence-electron chi connectivity index (χ2n) is 11.8. The summed E-state index contributed by atoms with van der Waals surface area (Å²) in [5.74, 6) is -0.0562. The number of fused-ring (bicyclic) bond motifs is 4. The molecular weight excluding hydrogens is 547 g/mol. The van der Waals surface area contributed by atoms with Crippen molar-refractivity contribution in [1.82, 2.24) is 0 Å². The van der Waals surface area contributed by atoms with Gasteiger partial charge >= 0.3 is 0 Å². The first-order chi connectivity index (χ1) is 21.9. The summed E-state index contributed by atoms with van der Waals surface area (Å²) in [6, 6.07) is 44.8. The van der Waals surface area contributed by atoms with Crippen LogP contribution >= 0.6 is 0 Å². The molecule has 0 spiro atoms. The molecule has 0 amide bonds. The van der Waals surface area contributed by atoms with Crippen molar-refractivity contribution in [3.8, 4) is 44.9 Å². The highest BCUT2D eigenvalue weighted by Gasteiger charge is 2.22. The molecule has 2 radical (unpaired) electrons. The third kappa shape index (κ3) is 4.04. The van der Waals surface area contributed by atoms with Crippen molar-refractivity contribution >= 4 is 56.4 Å². The molecule has 3 heteroatoms. The lowest BCUT2D eigenvalue weighted by atomic mass is 9.81. The second kappa shape index (κ2) is 10.3. The Hall–Kier alpha value is -5.54. The highest BCUT2D eigenvalue weighted by molar-refractivity contribution is 6.36. The number of phenols is 2. The highest BCUT2D eigenvalue weighted by atomic mass is 16.3. The maximum absolute atomic E-state index is 11.3. The Bertz CT molecular complexity index is 2400. The quantitative estimate of drug-likeness (QED) is 0.162. The lowest BCUT2D eigenvalue weighted by molar-refractivity contribution is 0.453. The van der Waals surface area contributed by atoms with E-state index in [-0.39, 0.29) is 17.0 Å². The topological polar surface area (TPSA) is 40.5 Å². The monoisotopic (exact) mass is 576 g/mol. The van der Waals surface area contributed by atoms with E-state index in [1.165, 1.54) is 21.9 Å². The van der Waals surface area contributed by atoms with Gasteiger partial charge in [0.15, 0.2) is 0 Å². The molecule has 0 heterocycles. The molecule has 0 fully saturated rings. The van der Waals surface area contributed by atoms with Gasteiger partial charge in [-0.1, -0.05) is 121 Å². The van der Waals surface area contributed by atoms with Gasteiger partial charge in [-0.3, -0.25) is 0 Å². The van der Waals surface area contributed by atoms with Crippen LogP contribution < -0.4 is 5.46 Å². The van der Waals surface area contributed by atoms with Gasteiger partial charge in [0, 0.05) is 0 Å². The van der Waals surface area contributed by atoms with E-state index in [2.05, 4.69) is 115 Å². The first-order valence-corrected chi connectivity index (χ1v) is 15.2. The fraction of sp³-hybridized carbons (Fsp3) is 0.0476. The number of hydrogen-bond acceptors (Lipinski definition) is 2. The second-order valence-corrected chi connectivity index (χ2v) is 11.8. The first-order valence-electron chi connectivity index (χ1n) is 15.2. The van der Waals surface area contributed by atoms with E-state index in [1.807, 2.05) is 26.0 Å². The van der Waals surface area contributed by atoms with Crippen molar-refractivity contribution in [2.75, 3.05) is 0 Å². The lowest BCUT2D eigenvalue weighted by Gasteiger charge is -2.21. The third-order valence-corrected chi connectivity index (χ3v) is 9.46. The van der Waals surface area contributed by atoms with E-state index in [1.54, 1.807) is 0 Å². The molecule has 8 aromatic rings. The van der Waals surface area contributed by atoms with E-state index >= 15 is 0 Å². The van der Waals surface area contributed by atoms with Crippen molar-refractivity contribution < 1.29 is 10.2 Å². The fourth-order valence-electron chi connectivity index (χ4n) is 7.08. The molecule has 0 aliphatic heterocycles. The Morgan fingerprint density at radius 1 is 0.422 bits per heavy atom. The summed E-state index contributed by atoms with van der Waals surface area (Å²) in [6.45, 7) is 3.65.